The molecule has 0 fully saturated rings. The van der Waals surface area contributed by atoms with Crippen LogP contribution in [0.2, 0.25) is 0 Å². The zero-order chi connectivity index (χ0) is 13.3. The first-order chi connectivity index (χ1) is 8.91. The Labute approximate surface area is 115 Å². The van der Waals surface area contributed by atoms with Crippen molar-refractivity contribution in [2.24, 2.45) is 5.73 Å². The molecule has 0 heterocycles. The third-order valence-electron chi connectivity index (χ3n) is 3.61. The standard InChI is InChI=1S/C17H35N/c1-2-3-4-5-6-7-8-9-10-11-12-13-14-15-16-17-18/h2H,1,3-18H2. The minimum Gasteiger partial charge on any atom is -0.330 e. The van der Waals surface area contributed by atoms with Gasteiger partial charge in [0.15, 0.2) is 0 Å². The Kier molecular flexibility index (Phi) is 16.4. The second kappa shape index (κ2) is 16.7. The number of nitrogens with two attached hydrogens (primary N) is 1. The highest BCUT2D eigenvalue weighted by Crippen LogP contribution is 2.12. The van der Waals surface area contributed by atoms with E-state index >= 15 is 0 Å². The van der Waals surface area contributed by atoms with Gasteiger partial charge in [-0.25, -0.2) is 0 Å². The molecule has 18 heavy (non-hydrogen) atoms. The molecule has 0 saturated heterocycles. The number of hydrogen-bond donors (Lipinski definition) is 1. The van der Waals surface area contributed by atoms with Crippen LogP contribution in [0.25, 0.3) is 0 Å². The van der Waals surface area contributed by atoms with E-state index in [1.807, 2.05) is 6.08 Å². The fourth-order valence-corrected chi connectivity index (χ4v) is 2.38. The van der Waals surface area contributed by atoms with Crippen molar-refractivity contribution >= 4 is 0 Å². The minimum absolute atomic E-state index is 0.868. The van der Waals surface area contributed by atoms with Crippen molar-refractivity contribution in [3.05, 3.63) is 12.7 Å². The Morgan fingerprint density at radius 3 is 1.22 bits per heavy atom. The third-order valence-corrected chi connectivity index (χ3v) is 3.61. The Balaban J connectivity index is 2.88. The lowest BCUT2D eigenvalue weighted by molar-refractivity contribution is 0.538. The van der Waals surface area contributed by atoms with Crippen molar-refractivity contribution in [2.45, 2.75) is 89.9 Å². The first-order valence-corrected chi connectivity index (χ1v) is 8.22. The molecule has 1 nitrogen and oxygen atoms in total. The summed E-state index contributed by atoms with van der Waals surface area (Å²) < 4.78 is 0. The largest absolute Gasteiger partial charge is 0.330 e. The molecule has 0 rings (SSSR count). The number of unbranched alkanes of at least 4 members (excludes halogenated alkanes) is 13. The summed E-state index contributed by atoms with van der Waals surface area (Å²) in [7, 11) is 0. The van der Waals surface area contributed by atoms with Crippen molar-refractivity contribution in [3.8, 4) is 0 Å². The molecular formula is C17H35N. The number of allylic oxidation sites excluding steroid dienone is 1. The van der Waals surface area contributed by atoms with Crippen LogP contribution >= 0.6 is 0 Å². The van der Waals surface area contributed by atoms with Gasteiger partial charge >= 0.3 is 0 Å². The van der Waals surface area contributed by atoms with E-state index < -0.39 is 0 Å². The van der Waals surface area contributed by atoms with E-state index in [9.17, 15) is 0 Å². The van der Waals surface area contributed by atoms with Crippen molar-refractivity contribution in [1.82, 2.24) is 0 Å². The molecule has 0 atom stereocenters. The molecule has 0 aromatic heterocycles. The summed E-state index contributed by atoms with van der Waals surface area (Å²) in [6, 6.07) is 0. The van der Waals surface area contributed by atoms with Crippen LogP contribution < -0.4 is 5.73 Å². The predicted molar refractivity (Wildman–Crippen MR) is 83.9 cm³/mol. The van der Waals surface area contributed by atoms with Gasteiger partial charge in [0.25, 0.3) is 0 Å². The molecule has 0 unspecified atom stereocenters. The molecule has 2 N–H and O–H groups in total. The maximum Gasteiger partial charge on any atom is -0.00773 e. The van der Waals surface area contributed by atoms with Crippen LogP contribution in [0.4, 0.5) is 0 Å². The minimum atomic E-state index is 0.868. The molecule has 0 spiro atoms. The van der Waals surface area contributed by atoms with Gasteiger partial charge in [-0.1, -0.05) is 76.7 Å². The lowest BCUT2D eigenvalue weighted by atomic mass is 10.0. The van der Waals surface area contributed by atoms with Crippen molar-refractivity contribution < 1.29 is 0 Å². The van der Waals surface area contributed by atoms with E-state index in [1.54, 1.807) is 0 Å². The summed E-state index contributed by atoms with van der Waals surface area (Å²) in [5.74, 6) is 0. The molecule has 1 heteroatoms. The van der Waals surface area contributed by atoms with E-state index in [2.05, 4.69) is 6.58 Å². The fraction of sp³-hybridized carbons (Fsp3) is 0.882. The quantitative estimate of drug-likeness (QED) is 0.299. The SMILES string of the molecule is C=CCCCCCCCCCCCCCCCN. The van der Waals surface area contributed by atoms with Crippen LogP contribution in [0.15, 0.2) is 12.7 Å². The monoisotopic (exact) mass is 253 g/mol. The molecule has 0 bridgehead atoms. The summed E-state index contributed by atoms with van der Waals surface area (Å²) in [6.45, 7) is 4.62. The Morgan fingerprint density at radius 1 is 0.556 bits per heavy atom. The Morgan fingerprint density at radius 2 is 0.889 bits per heavy atom. The summed E-state index contributed by atoms with van der Waals surface area (Å²) in [5.41, 5.74) is 5.47. The van der Waals surface area contributed by atoms with Crippen LogP contribution in [0.5, 0.6) is 0 Å². The van der Waals surface area contributed by atoms with Gasteiger partial charge in [0, 0.05) is 0 Å². The molecular weight excluding hydrogens is 218 g/mol. The average Bonchev–Trinajstić information content (AvgIpc) is 2.39. The second-order valence-electron chi connectivity index (χ2n) is 5.46. The Hall–Kier alpha value is -0.300. The van der Waals surface area contributed by atoms with Crippen molar-refractivity contribution in [2.75, 3.05) is 6.54 Å². The summed E-state index contributed by atoms with van der Waals surface area (Å²) in [6.07, 6.45) is 21.4. The molecule has 0 amide bonds. The van der Waals surface area contributed by atoms with Crippen LogP contribution in [-0.4, -0.2) is 6.54 Å². The molecule has 0 saturated carbocycles. The smallest absolute Gasteiger partial charge is 0.00773 e. The van der Waals surface area contributed by atoms with Crippen LogP contribution in [-0.2, 0) is 0 Å². The van der Waals surface area contributed by atoms with E-state index in [0.29, 0.717) is 0 Å². The van der Waals surface area contributed by atoms with Gasteiger partial charge in [0.1, 0.15) is 0 Å². The van der Waals surface area contributed by atoms with Gasteiger partial charge in [-0.2, -0.15) is 0 Å². The van der Waals surface area contributed by atoms with Crippen LogP contribution in [0, 0.1) is 0 Å². The lowest BCUT2D eigenvalue weighted by Crippen LogP contribution is -1.97. The van der Waals surface area contributed by atoms with Crippen LogP contribution in [0.1, 0.15) is 89.9 Å². The molecule has 0 radical (unpaired) electrons. The highest BCUT2D eigenvalue weighted by Gasteiger charge is 1.93. The Bertz CT molecular complexity index is 154. The van der Waals surface area contributed by atoms with Gasteiger partial charge < -0.3 is 5.73 Å². The van der Waals surface area contributed by atoms with E-state index in [4.69, 9.17) is 5.73 Å². The molecule has 0 aromatic rings. The third kappa shape index (κ3) is 15.7. The lowest BCUT2D eigenvalue weighted by Gasteiger charge is -2.02. The van der Waals surface area contributed by atoms with Gasteiger partial charge in [-0.15, -0.1) is 6.58 Å². The highest BCUT2D eigenvalue weighted by molar-refractivity contribution is 4.65. The van der Waals surface area contributed by atoms with Gasteiger partial charge in [-0.3, -0.25) is 0 Å². The number of rotatable bonds is 15. The topological polar surface area (TPSA) is 26.0 Å². The van der Waals surface area contributed by atoms with Crippen molar-refractivity contribution in [3.63, 3.8) is 0 Å². The highest BCUT2D eigenvalue weighted by atomic mass is 14.5. The zero-order valence-electron chi connectivity index (χ0n) is 12.5. The first kappa shape index (κ1) is 17.7. The predicted octanol–water partition coefficient (Wildman–Crippen LogP) is 5.59. The normalized spacial score (nSPS) is 10.7. The summed E-state index contributed by atoms with van der Waals surface area (Å²) in [4.78, 5) is 0. The zero-order valence-corrected chi connectivity index (χ0v) is 12.5. The van der Waals surface area contributed by atoms with Gasteiger partial charge in [-0.05, 0) is 25.8 Å². The van der Waals surface area contributed by atoms with E-state index in [0.717, 1.165) is 6.54 Å². The fourth-order valence-electron chi connectivity index (χ4n) is 2.38. The molecule has 108 valence electrons. The average molecular weight is 253 g/mol. The maximum absolute atomic E-state index is 5.47. The molecule has 0 aliphatic rings. The number of hydrogen-bond acceptors (Lipinski definition) is 1. The van der Waals surface area contributed by atoms with Gasteiger partial charge in [0.2, 0.25) is 0 Å². The molecule has 0 aromatic carbocycles. The second-order valence-corrected chi connectivity index (χ2v) is 5.46. The molecule has 0 aliphatic carbocycles. The van der Waals surface area contributed by atoms with Gasteiger partial charge in [0.05, 0.1) is 0 Å². The summed E-state index contributed by atoms with van der Waals surface area (Å²) >= 11 is 0. The van der Waals surface area contributed by atoms with Crippen molar-refractivity contribution in [1.29, 1.82) is 0 Å². The van der Waals surface area contributed by atoms with E-state index in [-0.39, 0.29) is 0 Å². The molecule has 0 aliphatic heterocycles. The maximum atomic E-state index is 5.47. The summed E-state index contributed by atoms with van der Waals surface area (Å²) in [5, 5.41) is 0. The van der Waals surface area contributed by atoms with Crippen LogP contribution in [0.3, 0.4) is 0 Å². The first-order valence-electron chi connectivity index (χ1n) is 8.22. The van der Waals surface area contributed by atoms with E-state index in [1.165, 1.54) is 89.9 Å².